The fourth-order valence-electron chi connectivity index (χ4n) is 2.38. The molecule has 0 saturated carbocycles. The highest BCUT2D eigenvalue weighted by Gasteiger charge is 2.01. The lowest BCUT2D eigenvalue weighted by atomic mass is 10.1. The molecule has 0 radical (unpaired) electrons. The standard InChI is InChI=1S/C19H20N2O2/c1-2-22-17-11-9-15(10-12-17)6-5-13-23-19-20-14-16-7-3-4-8-18(16)21-19/h3-4,7-12,14H,2,5-6,13H2,1H3. The summed E-state index contributed by atoms with van der Waals surface area (Å²) in [6.45, 7) is 3.28. The molecule has 118 valence electrons. The number of fused-ring (bicyclic) bond motifs is 1. The van der Waals surface area contributed by atoms with Crippen molar-refractivity contribution in [1.82, 2.24) is 9.97 Å². The second-order valence-electron chi connectivity index (χ2n) is 5.24. The first-order valence-corrected chi connectivity index (χ1v) is 7.91. The van der Waals surface area contributed by atoms with E-state index in [1.54, 1.807) is 6.20 Å². The van der Waals surface area contributed by atoms with Gasteiger partial charge in [-0.2, -0.15) is 4.98 Å². The fourth-order valence-corrected chi connectivity index (χ4v) is 2.38. The molecule has 0 atom stereocenters. The number of hydrogen-bond acceptors (Lipinski definition) is 4. The first-order valence-electron chi connectivity index (χ1n) is 7.91. The number of aromatic nitrogens is 2. The summed E-state index contributed by atoms with van der Waals surface area (Å²) in [4.78, 5) is 8.64. The van der Waals surface area contributed by atoms with E-state index in [1.807, 2.05) is 43.3 Å². The minimum Gasteiger partial charge on any atom is -0.494 e. The quantitative estimate of drug-likeness (QED) is 0.618. The Morgan fingerprint density at radius 2 is 1.78 bits per heavy atom. The molecule has 0 bridgehead atoms. The van der Waals surface area contributed by atoms with Crippen LogP contribution in [0.15, 0.2) is 54.7 Å². The highest BCUT2D eigenvalue weighted by Crippen LogP contribution is 2.15. The Morgan fingerprint density at radius 1 is 0.957 bits per heavy atom. The topological polar surface area (TPSA) is 44.2 Å². The van der Waals surface area contributed by atoms with Crippen molar-refractivity contribution in [3.05, 3.63) is 60.3 Å². The second kappa shape index (κ2) is 7.58. The van der Waals surface area contributed by atoms with E-state index in [0.29, 0.717) is 19.2 Å². The highest BCUT2D eigenvalue weighted by molar-refractivity contribution is 5.77. The predicted molar refractivity (Wildman–Crippen MR) is 91.0 cm³/mol. The molecule has 0 amide bonds. The van der Waals surface area contributed by atoms with Gasteiger partial charge in [0, 0.05) is 11.6 Å². The van der Waals surface area contributed by atoms with Crippen molar-refractivity contribution in [2.45, 2.75) is 19.8 Å². The van der Waals surface area contributed by atoms with Gasteiger partial charge in [0.15, 0.2) is 0 Å². The smallest absolute Gasteiger partial charge is 0.316 e. The molecule has 0 saturated heterocycles. The number of nitrogens with zero attached hydrogens (tertiary/aromatic N) is 2. The molecule has 1 heterocycles. The normalized spacial score (nSPS) is 10.7. The van der Waals surface area contributed by atoms with Crippen molar-refractivity contribution in [2.24, 2.45) is 0 Å². The number of benzene rings is 2. The van der Waals surface area contributed by atoms with Gasteiger partial charge in [0.2, 0.25) is 0 Å². The van der Waals surface area contributed by atoms with Crippen LogP contribution in [0.1, 0.15) is 18.9 Å². The number of aryl methyl sites for hydroxylation is 1. The van der Waals surface area contributed by atoms with Crippen molar-refractivity contribution in [3.8, 4) is 11.8 Å². The Morgan fingerprint density at radius 3 is 2.61 bits per heavy atom. The lowest BCUT2D eigenvalue weighted by molar-refractivity contribution is 0.288. The van der Waals surface area contributed by atoms with Crippen LogP contribution in [0.4, 0.5) is 0 Å². The molecule has 0 aliphatic carbocycles. The minimum absolute atomic E-state index is 0.440. The van der Waals surface area contributed by atoms with Gasteiger partial charge in [-0.05, 0) is 43.5 Å². The van der Waals surface area contributed by atoms with Crippen LogP contribution >= 0.6 is 0 Å². The molecule has 0 N–H and O–H groups in total. The molecule has 0 spiro atoms. The van der Waals surface area contributed by atoms with Crippen molar-refractivity contribution >= 4 is 10.9 Å². The summed E-state index contributed by atoms with van der Waals surface area (Å²) in [6.07, 6.45) is 3.67. The van der Waals surface area contributed by atoms with Crippen LogP contribution in [0.3, 0.4) is 0 Å². The second-order valence-corrected chi connectivity index (χ2v) is 5.24. The maximum absolute atomic E-state index is 5.65. The van der Waals surface area contributed by atoms with E-state index in [4.69, 9.17) is 9.47 Å². The van der Waals surface area contributed by atoms with Crippen molar-refractivity contribution in [1.29, 1.82) is 0 Å². The van der Waals surface area contributed by atoms with Gasteiger partial charge >= 0.3 is 6.01 Å². The van der Waals surface area contributed by atoms with Gasteiger partial charge in [-0.1, -0.05) is 30.3 Å². The minimum atomic E-state index is 0.440. The van der Waals surface area contributed by atoms with Gasteiger partial charge in [0.25, 0.3) is 0 Å². The van der Waals surface area contributed by atoms with E-state index in [9.17, 15) is 0 Å². The van der Waals surface area contributed by atoms with E-state index in [2.05, 4.69) is 22.1 Å². The van der Waals surface area contributed by atoms with E-state index in [1.165, 1.54) is 5.56 Å². The Balaban J connectivity index is 1.48. The van der Waals surface area contributed by atoms with Crippen LogP contribution in [-0.2, 0) is 6.42 Å². The first-order chi connectivity index (χ1) is 11.3. The molecule has 4 nitrogen and oxygen atoms in total. The van der Waals surface area contributed by atoms with E-state index in [-0.39, 0.29) is 0 Å². The van der Waals surface area contributed by atoms with Crippen molar-refractivity contribution in [2.75, 3.05) is 13.2 Å². The predicted octanol–water partition coefficient (Wildman–Crippen LogP) is 4.04. The number of hydrogen-bond donors (Lipinski definition) is 0. The van der Waals surface area contributed by atoms with Crippen LogP contribution in [0.5, 0.6) is 11.8 Å². The third-order valence-corrected chi connectivity index (χ3v) is 3.54. The van der Waals surface area contributed by atoms with Crippen molar-refractivity contribution in [3.63, 3.8) is 0 Å². The van der Waals surface area contributed by atoms with E-state index in [0.717, 1.165) is 29.5 Å². The van der Waals surface area contributed by atoms with Crippen LogP contribution in [0, 0.1) is 0 Å². The molecule has 23 heavy (non-hydrogen) atoms. The maximum atomic E-state index is 5.65. The molecule has 0 aliphatic rings. The zero-order valence-electron chi connectivity index (χ0n) is 13.2. The number of para-hydroxylation sites is 1. The maximum Gasteiger partial charge on any atom is 0.316 e. The lowest BCUT2D eigenvalue weighted by Crippen LogP contribution is -2.02. The van der Waals surface area contributed by atoms with Gasteiger partial charge in [-0.3, -0.25) is 0 Å². The van der Waals surface area contributed by atoms with Crippen LogP contribution in [0.2, 0.25) is 0 Å². The number of ether oxygens (including phenoxy) is 2. The van der Waals surface area contributed by atoms with E-state index < -0.39 is 0 Å². The fraction of sp³-hybridized carbons (Fsp3) is 0.263. The molecule has 0 aliphatic heterocycles. The van der Waals surface area contributed by atoms with E-state index >= 15 is 0 Å². The Kier molecular flexibility index (Phi) is 5.04. The van der Waals surface area contributed by atoms with Gasteiger partial charge in [0.1, 0.15) is 5.75 Å². The van der Waals surface area contributed by atoms with Crippen LogP contribution in [-0.4, -0.2) is 23.2 Å². The zero-order valence-corrected chi connectivity index (χ0v) is 13.2. The van der Waals surface area contributed by atoms with Gasteiger partial charge < -0.3 is 9.47 Å². The summed E-state index contributed by atoms with van der Waals surface area (Å²) >= 11 is 0. The molecule has 3 rings (SSSR count). The van der Waals surface area contributed by atoms with Crippen LogP contribution < -0.4 is 9.47 Å². The third kappa shape index (κ3) is 4.19. The monoisotopic (exact) mass is 308 g/mol. The molecule has 3 aromatic rings. The third-order valence-electron chi connectivity index (χ3n) is 3.54. The molecule has 2 aromatic carbocycles. The molecule has 0 fully saturated rings. The van der Waals surface area contributed by atoms with Crippen LogP contribution in [0.25, 0.3) is 10.9 Å². The Bertz CT molecular complexity index is 757. The van der Waals surface area contributed by atoms with Gasteiger partial charge in [-0.15, -0.1) is 0 Å². The molecular weight excluding hydrogens is 288 g/mol. The summed E-state index contributed by atoms with van der Waals surface area (Å²) in [7, 11) is 0. The molecule has 4 heteroatoms. The number of rotatable bonds is 7. The largest absolute Gasteiger partial charge is 0.494 e. The lowest BCUT2D eigenvalue weighted by Gasteiger charge is -2.06. The Hall–Kier alpha value is -2.62. The average Bonchev–Trinajstić information content (AvgIpc) is 2.60. The highest BCUT2D eigenvalue weighted by atomic mass is 16.5. The van der Waals surface area contributed by atoms with Crippen molar-refractivity contribution < 1.29 is 9.47 Å². The first kappa shape index (κ1) is 15.3. The van der Waals surface area contributed by atoms with Gasteiger partial charge in [-0.25, -0.2) is 4.98 Å². The molecule has 1 aromatic heterocycles. The summed E-state index contributed by atoms with van der Waals surface area (Å²) in [5.41, 5.74) is 2.18. The molecular formula is C19H20N2O2. The summed E-state index contributed by atoms with van der Waals surface area (Å²) in [6, 6.07) is 16.5. The van der Waals surface area contributed by atoms with Gasteiger partial charge in [0.05, 0.1) is 18.7 Å². The zero-order chi connectivity index (χ0) is 15.9. The summed E-state index contributed by atoms with van der Waals surface area (Å²) in [5.74, 6) is 0.914. The molecule has 0 unspecified atom stereocenters. The average molecular weight is 308 g/mol. The summed E-state index contributed by atoms with van der Waals surface area (Å²) in [5, 5.41) is 1.02. The Labute approximate surface area is 136 Å². The SMILES string of the molecule is CCOc1ccc(CCCOc2ncc3ccccc3n2)cc1. The summed E-state index contributed by atoms with van der Waals surface area (Å²) < 4.78 is 11.1.